The lowest BCUT2D eigenvalue weighted by Crippen LogP contribution is -2.51. The van der Waals surface area contributed by atoms with Crippen LogP contribution in [0.1, 0.15) is 32.3 Å². The number of amides is 2. The van der Waals surface area contributed by atoms with Gasteiger partial charge in [0.1, 0.15) is 0 Å². The minimum Gasteiger partial charge on any atom is -0.494 e. The van der Waals surface area contributed by atoms with Gasteiger partial charge in [0.2, 0.25) is 11.8 Å². The Hall–Kier alpha value is -2.15. The molecule has 0 saturated carbocycles. The molecule has 27 heavy (non-hydrogen) atoms. The van der Waals surface area contributed by atoms with Crippen molar-refractivity contribution in [3.8, 4) is 5.75 Å². The number of rotatable bonds is 8. The molecule has 150 valence electrons. The van der Waals surface area contributed by atoms with Crippen LogP contribution in [0.2, 0.25) is 0 Å². The van der Waals surface area contributed by atoms with Gasteiger partial charge in [0, 0.05) is 38.6 Å². The number of hydrogen-bond acceptors (Lipinski definition) is 4. The first kappa shape index (κ1) is 21.2. The van der Waals surface area contributed by atoms with Crippen molar-refractivity contribution in [1.82, 2.24) is 15.1 Å². The predicted octanol–water partition coefficient (Wildman–Crippen LogP) is 1.83. The molecular formula is C20H30FN3O3. The van der Waals surface area contributed by atoms with Crippen LogP contribution in [0, 0.1) is 5.82 Å². The number of nitrogens with one attached hydrogen (secondary N) is 1. The van der Waals surface area contributed by atoms with Crippen molar-refractivity contribution in [2.45, 2.75) is 39.2 Å². The van der Waals surface area contributed by atoms with Crippen molar-refractivity contribution in [1.29, 1.82) is 0 Å². The molecule has 6 nitrogen and oxygen atoms in total. The first-order valence-electron chi connectivity index (χ1n) is 9.54. The number of nitrogens with zero attached hydrogens (tertiary/aromatic N) is 2. The number of carbonyl (C=O) groups excluding carboxylic acids is 2. The molecule has 0 aromatic heterocycles. The molecule has 2 amide bonds. The molecule has 1 aromatic carbocycles. The van der Waals surface area contributed by atoms with Crippen molar-refractivity contribution < 1.29 is 18.7 Å². The van der Waals surface area contributed by atoms with Gasteiger partial charge in [0.15, 0.2) is 11.6 Å². The molecule has 0 bridgehead atoms. The van der Waals surface area contributed by atoms with Gasteiger partial charge in [-0.2, -0.15) is 0 Å². The van der Waals surface area contributed by atoms with Gasteiger partial charge in [0.25, 0.3) is 0 Å². The Labute approximate surface area is 160 Å². The van der Waals surface area contributed by atoms with Gasteiger partial charge in [-0.15, -0.1) is 0 Å². The molecule has 1 aromatic rings. The number of piperazine rings is 1. The molecule has 1 aliphatic heterocycles. The Balaban J connectivity index is 1.73. The third kappa shape index (κ3) is 6.50. The largest absolute Gasteiger partial charge is 0.494 e. The average Bonchev–Trinajstić information content (AvgIpc) is 2.66. The van der Waals surface area contributed by atoms with Crippen molar-refractivity contribution in [2.24, 2.45) is 0 Å². The number of aryl methyl sites for hydroxylation is 1. The van der Waals surface area contributed by atoms with Crippen LogP contribution in [0.15, 0.2) is 18.2 Å². The Bertz CT molecular complexity index is 645. The lowest BCUT2D eigenvalue weighted by molar-refractivity contribution is -0.133. The molecule has 1 N–H and O–H groups in total. The van der Waals surface area contributed by atoms with E-state index >= 15 is 0 Å². The van der Waals surface area contributed by atoms with E-state index in [0.717, 1.165) is 12.0 Å². The molecule has 1 saturated heterocycles. The van der Waals surface area contributed by atoms with Crippen molar-refractivity contribution in [2.75, 3.05) is 39.8 Å². The number of carbonyl (C=O) groups is 2. The first-order valence-corrected chi connectivity index (χ1v) is 9.54. The van der Waals surface area contributed by atoms with Crippen LogP contribution in [0.25, 0.3) is 0 Å². The van der Waals surface area contributed by atoms with Gasteiger partial charge < -0.3 is 15.0 Å². The SMILES string of the molecule is CCC(C)NC(=O)CN1CCN(C(=O)CCc2ccc(OC)c(F)c2)CC1. The van der Waals surface area contributed by atoms with E-state index in [0.29, 0.717) is 45.6 Å². The van der Waals surface area contributed by atoms with Crippen LogP contribution >= 0.6 is 0 Å². The topological polar surface area (TPSA) is 61.9 Å². The maximum Gasteiger partial charge on any atom is 0.234 e. The number of halogens is 1. The molecule has 0 aliphatic carbocycles. The minimum atomic E-state index is -0.410. The molecule has 1 fully saturated rings. The number of hydrogen-bond donors (Lipinski definition) is 1. The van der Waals surface area contributed by atoms with Crippen LogP contribution < -0.4 is 10.1 Å². The minimum absolute atomic E-state index is 0.0330. The van der Waals surface area contributed by atoms with E-state index < -0.39 is 5.82 Å². The second-order valence-electron chi connectivity index (χ2n) is 7.00. The summed E-state index contributed by atoms with van der Waals surface area (Å²) in [5.74, 6) is -0.106. The van der Waals surface area contributed by atoms with E-state index in [1.807, 2.05) is 18.7 Å². The highest BCUT2D eigenvalue weighted by molar-refractivity contribution is 5.78. The lowest BCUT2D eigenvalue weighted by Gasteiger charge is -2.34. The van der Waals surface area contributed by atoms with Crippen LogP contribution in [0.4, 0.5) is 4.39 Å². The molecule has 1 atom stereocenters. The molecular weight excluding hydrogens is 349 g/mol. The summed E-state index contributed by atoms with van der Waals surface area (Å²) in [6.07, 6.45) is 1.75. The summed E-state index contributed by atoms with van der Waals surface area (Å²) in [7, 11) is 1.43. The highest BCUT2D eigenvalue weighted by atomic mass is 19.1. The fourth-order valence-corrected chi connectivity index (χ4v) is 3.06. The summed E-state index contributed by atoms with van der Waals surface area (Å²) in [6.45, 7) is 7.02. The van der Waals surface area contributed by atoms with Gasteiger partial charge in [-0.05, 0) is 37.5 Å². The van der Waals surface area contributed by atoms with E-state index in [4.69, 9.17) is 4.74 Å². The van der Waals surface area contributed by atoms with E-state index in [2.05, 4.69) is 10.2 Å². The standard InChI is InChI=1S/C20H30FN3O3/c1-4-15(2)22-19(25)14-23-9-11-24(12-10-23)20(26)8-6-16-5-7-18(27-3)17(21)13-16/h5,7,13,15H,4,6,8-12,14H2,1-3H3,(H,22,25). The first-order chi connectivity index (χ1) is 12.9. The molecule has 1 heterocycles. The molecule has 0 radical (unpaired) electrons. The van der Waals surface area contributed by atoms with Gasteiger partial charge in [0.05, 0.1) is 13.7 Å². The second kappa shape index (κ2) is 10.3. The Morgan fingerprint density at radius 1 is 1.26 bits per heavy atom. The van der Waals surface area contributed by atoms with Crippen LogP contribution in [0.3, 0.4) is 0 Å². The highest BCUT2D eigenvalue weighted by Gasteiger charge is 2.22. The molecule has 1 unspecified atom stereocenters. The Kier molecular flexibility index (Phi) is 8.03. The monoisotopic (exact) mass is 379 g/mol. The van der Waals surface area contributed by atoms with Gasteiger partial charge in [-0.25, -0.2) is 4.39 Å². The fourth-order valence-electron chi connectivity index (χ4n) is 3.06. The smallest absolute Gasteiger partial charge is 0.234 e. The third-order valence-electron chi connectivity index (χ3n) is 4.96. The van der Waals surface area contributed by atoms with Crippen LogP contribution in [0.5, 0.6) is 5.75 Å². The zero-order valence-corrected chi connectivity index (χ0v) is 16.5. The van der Waals surface area contributed by atoms with Gasteiger partial charge in [-0.3, -0.25) is 14.5 Å². The zero-order valence-electron chi connectivity index (χ0n) is 16.5. The summed E-state index contributed by atoms with van der Waals surface area (Å²) < 4.78 is 18.6. The fraction of sp³-hybridized carbons (Fsp3) is 0.600. The van der Waals surface area contributed by atoms with Gasteiger partial charge in [-0.1, -0.05) is 13.0 Å². The number of ether oxygens (including phenoxy) is 1. The number of methoxy groups -OCH3 is 1. The normalized spacial score (nSPS) is 16.1. The molecule has 0 spiro atoms. The highest BCUT2D eigenvalue weighted by Crippen LogP contribution is 2.18. The van der Waals surface area contributed by atoms with Crippen LogP contribution in [-0.4, -0.2) is 67.5 Å². The lowest BCUT2D eigenvalue weighted by atomic mass is 10.1. The Morgan fingerprint density at radius 3 is 2.56 bits per heavy atom. The summed E-state index contributed by atoms with van der Waals surface area (Å²) in [6, 6.07) is 4.96. The van der Waals surface area contributed by atoms with E-state index in [-0.39, 0.29) is 23.6 Å². The van der Waals surface area contributed by atoms with Crippen molar-refractivity contribution >= 4 is 11.8 Å². The van der Waals surface area contributed by atoms with Crippen molar-refractivity contribution in [3.63, 3.8) is 0 Å². The zero-order chi connectivity index (χ0) is 19.8. The van der Waals surface area contributed by atoms with Crippen LogP contribution in [-0.2, 0) is 16.0 Å². The summed E-state index contributed by atoms with van der Waals surface area (Å²) in [5, 5.41) is 2.96. The third-order valence-corrected chi connectivity index (χ3v) is 4.96. The Morgan fingerprint density at radius 2 is 1.96 bits per heavy atom. The summed E-state index contributed by atoms with van der Waals surface area (Å²) in [4.78, 5) is 28.3. The summed E-state index contributed by atoms with van der Waals surface area (Å²) in [5.41, 5.74) is 0.780. The number of benzene rings is 1. The molecule has 2 rings (SSSR count). The maximum absolute atomic E-state index is 13.7. The molecule has 1 aliphatic rings. The summed E-state index contributed by atoms with van der Waals surface area (Å²) >= 11 is 0. The maximum atomic E-state index is 13.7. The van der Waals surface area contributed by atoms with E-state index in [9.17, 15) is 14.0 Å². The quantitative estimate of drug-likeness (QED) is 0.749. The average molecular weight is 379 g/mol. The van der Waals surface area contributed by atoms with Crippen molar-refractivity contribution in [3.05, 3.63) is 29.6 Å². The van der Waals surface area contributed by atoms with Gasteiger partial charge >= 0.3 is 0 Å². The second-order valence-corrected chi connectivity index (χ2v) is 7.00. The van der Waals surface area contributed by atoms with E-state index in [1.54, 1.807) is 12.1 Å². The van der Waals surface area contributed by atoms with E-state index in [1.165, 1.54) is 13.2 Å². The predicted molar refractivity (Wildman–Crippen MR) is 102 cm³/mol. The molecule has 7 heteroatoms.